The summed E-state index contributed by atoms with van der Waals surface area (Å²) in [6.45, 7) is 8.29. The number of thiophene rings is 1. The summed E-state index contributed by atoms with van der Waals surface area (Å²) >= 11 is 1.16. The quantitative estimate of drug-likeness (QED) is 0.405. The number of carbonyl (C=O) groups excluding carboxylic acids is 1. The third-order valence-electron chi connectivity index (χ3n) is 7.53. The maximum absolute atomic E-state index is 14.1. The van der Waals surface area contributed by atoms with Gasteiger partial charge in [0, 0.05) is 35.2 Å². The van der Waals surface area contributed by atoms with Gasteiger partial charge in [0.15, 0.2) is 0 Å². The van der Waals surface area contributed by atoms with E-state index in [4.69, 9.17) is 11.2 Å². The van der Waals surface area contributed by atoms with E-state index in [1.54, 1.807) is 12.3 Å². The van der Waals surface area contributed by atoms with Gasteiger partial charge in [-0.2, -0.15) is 0 Å². The summed E-state index contributed by atoms with van der Waals surface area (Å²) in [7, 11) is 0. The van der Waals surface area contributed by atoms with Crippen molar-refractivity contribution in [2.45, 2.75) is 91.2 Å². The molecule has 2 saturated carbocycles. The van der Waals surface area contributed by atoms with Gasteiger partial charge in [0.05, 0.1) is 10.6 Å². The standard InChI is InChI=1S/C32H38N2O4S/c1-6-22-9-16-28(33-20-22)38-25-14-12-24(13-15-25)34(30(35)23-10-7-21(2)8-11-23)27-19-26(17-18-32(3,4)5)39-29(27)31(36)37/h1,9,16,19-21,23-25H,7-8,10-15H2,2-5H3,(H,36,37). The summed E-state index contributed by atoms with van der Waals surface area (Å²) in [5.74, 6) is 9.01. The van der Waals surface area contributed by atoms with Crippen molar-refractivity contribution in [1.29, 1.82) is 0 Å². The van der Waals surface area contributed by atoms with Crippen molar-refractivity contribution in [1.82, 2.24) is 4.98 Å². The van der Waals surface area contributed by atoms with Gasteiger partial charge in [-0.25, -0.2) is 9.78 Å². The number of hydrogen-bond donors (Lipinski definition) is 1. The minimum absolute atomic E-state index is 0.0208. The van der Waals surface area contributed by atoms with E-state index < -0.39 is 5.97 Å². The summed E-state index contributed by atoms with van der Waals surface area (Å²) in [5.41, 5.74) is 0.982. The number of ether oxygens (including phenoxy) is 1. The molecule has 4 rings (SSSR count). The number of carbonyl (C=O) groups is 2. The fourth-order valence-corrected chi connectivity index (χ4v) is 6.19. The largest absolute Gasteiger partial charge is 0.477 e. The summed E-state index contributed by atoms with van der Waals surface area (Å²) in [6, 6.07) is 5.31. The molecule has 2 fully saturated rings. The lowest BCUT2D eigenvalue weighted by molar-refractivity contribution is -0.124. The Balaban J connectivity index is 1.59. The topological polar surface area (TPSA) is 79.7 Å². The van der Waals surface area contributed by atoms with E-state index in [9.17, 15) is 14.7 Å². The first-order valence-electron chi connectivity index (χ1n) is 13.9. The van der Waals surface area contributed by atoms with Crippen molar-refractivity contribution in [2.75, 3.05) is 4.90 Å². The first kappa shape index (κ1) is 28.7. The Bertz CT molecular complexity index is 1270. The molecule has 2 heterocycles. The van der Waals surface area contributed by atoms with Gasteiger partial charge in [-0.1, -0.05) is 24.7 Å². The van der Waals surface area contributed by atoms with Crippen LogP contribution in [0, 0.1) is 41.4 Å². The molecule has 0 saturated heterocycles. The number of anilines is 1. The predicted molar refractivity (Wildman–Crippen MR) is 155 cm³/mol. The van der Waals surface area contributed by atoms with Crippen molar-refractivity contribution < 1.29 is 19.4 Å². The van der Waals surface area contributed by atoms with Crippen LogP contribution >= 0.6 is 11.3 Å². The van der Waals surface area contributed by atoms with Crippen LogP contribution in [0.4, 0.5) is 5.69 Å². The average molecular weight is 547 g/mol. The zero-order chi connectivity index (χ0) is 28.2. The van der Waals surface area contributed by atoms with Crippen LogP contribution in [0.1, 0.15) is 99.2 Å². The maximum atomic E-state index is 14.1. The third kappa shape index (κ3) is 7.43. The molecule has 1 N–H and O–H groups in total. The normalized spacial score (nSPS) is 23.2. The van der Waals surface area contributed by atoms with Crippen molar-refractivity contribution in [2.24, 2.45) is 17.3 Å². The molecule has 0 radical (unpaired) electrons. The average Bonchev–Trinajstić information content (AvgIpc) is 3.33. The summed E-state index contributed by atoms with van der Waals surface area (Å²) in [4.78, 5) is 33.4. The molecular weight excluding hydrogens is 508 g/mol. The first-order valence-corrected chi connectivity index (χ1v) is 14.7. The fraction of sp³-hybridized carbons (Fsp3) is 0.531. The van der Waals surface area contributed by atoms with E-state index in [1.165, 1.54) is 0 Å². The second kappa shape index (κ2) is 12.3. The highest BCUT2D eigenvalue weighted by molar-refractivity contribution is 7.15. The predicted octanol–water partition coefficient (Wildman–Crippen LogP) is 6.77. The molecule has 39 heavy (non-hydrogen) atoms. The Morgan fingerprint density at radius 3 is 2.36 bits per heavy atom. The molecule has 0 unspecified atom stereocenters. The Hall–Kier alpha value is -3.29. The second-order valence-corrected chi connectivity index (χ2v) is 12.9. The van der Waals surface area contributed by atoms with Crippen LogP contribution in [0.25, 0.3) is 0 Å². The molecule has 7 heteroatoms. The van der Waals surface area contributed by atoms with E-state index in [2.05, 4.69) is 29.7 Å². The molecule has 0 spiro atoms. The smallest absolute Gasteiger partial charge is 0.348 e. The van der Waals surface area contributed by atoms with Gasteiger partial charge in [-0.15, -0.1) is 17.8 Å². The number of hydrogen-bond acceptors (Lipinski definition) is 5. The van der Waals surface area contributed by atoms with Crippen LogP contribution in [0.5, 0.6) is 5.88 Å². The minimum Gasteiger partial charge on any atom is -0.477 e. The van der Waals surface area contributed by atoms with Gasteiger partial charge in [-0.05, 0) is 90.2 Å². The Morgan fingerprint density at radius 2 is 1.79 bits per heavy atom. The zero-order valence-corrected chi connectivity index (χ0v) is 24.1. The Kier molecular flexibility index (Phi) is 9.03. The number of aromatic carboxylic acids is 1. The van der Waals surface area contributed by atoms with Crippen LogP contribution in [0.3, 0.4) is 0 Å². The fourth-order valence-electron chi connectivity index (χ4n) is 5.35. The highest BCUT2D eigenvalue weighted by Gasteiger charge is 2.37. The van der Waals surface area contributed by atoms with Crippen LogP contribution in [0.15, 0.2) is 24.4 Å². The maximum Gasteiger partial charge on any atom is 0.348 e. The van der Waals surface area contributed by atoms with Gasteiger partial charge in [-0.3, -0.25) is 4.79 Å². The molecule has 0 aromatic carbocycles. The highest BCUT2D eigenvalue weighted by atomic mass is 32.1. The molecule has 2 aromatic heterocycles. The van der Waals surface area contributed by atoms with Crippen molar-refractivity contribution in [3.63, 3.8) is 0 Å². The monoisotopic (exact) mass is 546 g/mol. The van der Waals surface area contributed by atoms with Gasteiger partial charge in [0.25, 0.3) is 0 Å². The number of terminal acetylenes is 1. The van der Waals surface area contributed by atoms with Crippen LogP contribution in [-0.2, 0) is 4.79 Å². The number of amides is 1. The Labute approximate surface area is 236 Å². The van der Waals surface area contributed by atoms with E-state index in [0.29, 0.717) is 27.9 Å². The minimum atomic E-state index is -1.02. The van der Waals surface area contributed by atoms with E-state index in [1.807, 2.05) is 37.8 Å². The molecule has 1 amide bonds. The lowest BCUT2D eigenvalue weighted by Crippen LogP contribution is -2.47. The molecule has 0 aliphatic heterocycles. The molecular formula is C32H38N2O4S. The number of pyridine rings is 1. The van der Waals surface area contributed by atoms with Crippen molar-refractivity contribution in [3.8, 4) is 30.1 Å². The second-order valence-electron chi connectivity index (χ2n) is 11.9. The van der Waals surface area contributed by atoms with Gasteiger partial charge in [0.1, 0.15) is 11.0 Å². The molecule has 2 aliphatic rings. The molecule has 6 nitrogen and oxygen atoms in total. The van der Waals surface area contributed by atoms with Crippen LogP contribution in [0.2, 0.25) is 0 Å². The number of carboxylic acids is 1. The van der Waals surface area contributed by atoms with E-state index >= 15 is 0 Å². The molecule has 0 atom stereocenters. The zero-order valence-electron chi connectivity index (χ0n) is 23.3. The summed E-state index contributed by atoms with van der Waals surface area (Å²) < 4.78 is 6.11. The SMILES string of the molecule is C#Cc1ccc(OC2CCC(N(C(=O)C3CCC(C)CC3)c3cc(C#CC(C)(C)C)sc3C(=O)O)CC2)nc1. The number of aromatic nitrogens is 1. The van der Waals surface area contributed by atoms with Crippen molar-refractivity contribution in [3.05, 3.63) is 39.7 Å². The number of rotatable bonds is 6. The number of carboxylic acid groups (broad SMARTS) is 1. The molecule has 206 valence electrons. The lowest BCUT2D eigenvalue weighted by atomic mass is 9.81. The van der Waals surface area contributed by atoms with Crippen LogP contribution in [-0.4, -0.2) is 34.1 Å². The van der Waals surface area contributed by atoms with E-state index in [0.717, 1.165) is 62.7 Å². The van der Waals surface area contributed by atoms with Gasteiger partial charge >= 0.3 is 5.97 Å². The highest BCUT2D eigenvalue weighted by Crippen LogP contribution is 2.39. The lowest BCUT2D eigenvalue weighted by Gasteiger charge is -2.39. The number of nitrogens with zero attached hydrogens (tertiary/aromatic N) is 2. The molecule has 2 aliphatic carbocycles. The van der Waals surface area contributed by atoms with Crippen LogP contribution < -0.4 is 9.64 Å². The van der Waals surface area contributed by atoms with Gasteiger partial charge in [0.2, 0.25) is 11.8 Å². The third-order valence-corrected chi connectivity index (χ3v) is 8.56. The van der Waals surface area contributed by atoms with Crippen molar-refractivity contribution >= 4 is 28.9 Å². The Morgan fingerprint density at radius 1 is 1.10 bits per heavy atom. The molecule has 0 bridgehead atoms. The van der Waals surface area contributed by atoms with E-state index in [-0.39, 0.29) is 34.3 Å². The summed E-state index contributed by atoms with van der Waals surface area (Å²) in [6.07, 6.45) is 13.7. The summed E-state index contributed by atoms with van der Waals surface area (Å²) in [5, 5.41) is 10.1. The first-order chi connectivity index (χ1) is 18.5. The van der Waals surface area contributed by atoms with Gasteiger partial charge < -0.3 is 14.7 Å². The molecule has 2 aromatic rings.